The Morgan fingerprint density at radius 2 is 2.13 bits per heavy atom. The first-order valence-electron chi connectivity index (χ1n) is 12.3. The molecular weight excluding hydrogens is 514 g/mol. The van der Waals surface area contributed by atoms with E-state index < -0.39 is 0 Å². The average Bonchev–Trinajstić information content (AvgIpc) is 3.54. The predicted octanol–water partition coefficient (Wildman–Crippen LogP) is 2.89. The predicted molar refractivity (Wildman–Crippen MR) is 137 cm³/mol. The first-order valence-corrected chi connectivity index (χ1v) is 12.7. The minimum atomic E-state index is -0.374. The Balaban J connectivity index is 1.43. The zero-order valence-corrected chi connectivity index (χ0v) is 21.6. The highest BCUT2D eigenvalue weighted by atomic mass is 35.5. The first-order chi connectivity index (χ1) is 18.4. The fourth-order valence-corrected chi connectivity index (χ4v) is 4.76. The summed E-state index contributed by atoms with van der Waals surface area (Å²) in [7, 11) is 1.45. The van der Waals surface area contributed by atoms with Crippen molar-refractivity contribution in [3.05, 3.63) is 58.9 Å². The number of methoxy groups -OCH3 is 1. The molecule has 2 aliphatic rings. The highest BCUT2D eigenvalue weighted by Crippen LogP contribution is 2.36. The van der Waals surface area contributed by atoms with Gasteiger partial charge in [-0.05, 0) is 17.7 Å². The number of aliphatic hydroxyl groups excluding tert-OH is 1. The summed E-state index contributed by atoms with van der Waals surface area (Å²) in [6.45, 7) is 1.41. The van der Waals surface area contributed by atoms with Crippen molar-refractivity contribution in [1.82, 2.24) is 25.0 Å². The molecule has 0 aliphatic carbocycles. The summed E-state index contributed by atoms with van der Waals surface area (Å²) in [5.41, 5.74) is 2.22. The van der Waals surface area contributed by atoms with Crippen molar-refractivity contribution >= 4 is 23.6 Å². The molecule has 11 nitrogen and oxygen atoms in total. The summed E-state index contributed by atoms with van der Waals surface area (Å²) in [6.07, 6.45) is 4.07. The minimum absolute atomic E-state index is 0.0506. The van der Waals surface area contributed by atoms with Gasteiger partial charge in [0.15, 0.2) is 0 Å². The Labute approximate surface area is 224 Å². The number of hydrogen-bond acceptors (Lipinski definition) is 8. The molecule has 1 aromatic carbocycles. The van der Waals surface area contributed by atoms with E-state index in [1.807, 2.05) is 12.1 Å². The molecule has 2 fully saturated rings. The van der Waals surface area contributed by atoms with Gasteiger partial charge < -0.3 is 29.5 Å². The van der Waals surface area contributed by atoms with Gasteiger partial charge in [-0.2, -0.15) is 5.10 Å². The number of carbonyl (C=O) groups excluding carboxylic acids is 2. The van der Waals surface area contributed by atoms with E-state index >= 15 is 0 Å². The second kappa shape index (κ2) is 11.3. The van der Waals surface area contributed by atoms with Crippen LogP contribution in [0.2, 0.25) is 5.02 Å². The van der Waals surface area contributed by atoms with Gasteiger partial charge in [-0.3, -0.25) is 9.48 Å². The normalized spacial score (nSPS) is 18.6. The van der Waals surface area contributed by atoms with Crippen LogP contribution in [-0.4, -0.2) is 75.8 Å². The molecule has 0 saturated carbocycles. The lowest BCUT2D eigenvalue weighted by Crippen LogP contribution is -2.44. The van der Waals surface area contributed by atoms with Crippen molar-refractivity contribution < 1.29 is 28.9 Å². The molecule has 2 saturated heterocycles. The van der Waals surface area contributed by atoms with Gasteiger partial charge in [0.25, 0.3) is 5.91 Å². The second-order valence-electron chi connectivity index (χ2n) is 9.11. The minimum Gasteiger partial charge on any atom is -0.488 e. The Morgan fingerprint density at radius 3 is 2.89 bits per heavy atom. The smallest absolute Gasteiger partial charge is 0.410 e. The maximum Gasteiger partial charge on any atom is 0.410 e. The number of hydrogen-bond donors (Lipinski definition) is 2. The SMILES string of the molecule is COc1nc(-c2cnn(CCO)c2)c(O[C@H]2CCN3C(=O)OC[C@@H]3C2)cc1C(=O)NCc1ccc(Cl)cc1. The Hall–Kier alpha value is -3.83. The number of piperidine rings is 1. The standard InChI is InChI=1S/C26H28ClN5O6/c1-36-25-21(24(34)28-12-16-2-4-18(27)5-3-16)11-22(23(30-25)17-13-29-31(14-17)8-9-33)38-20-6-7-32-19(10-20)15-37-26(32)35/h2-5,11,13-14,19-20,33H,6-10,12,15H2,1H3,(H,28,34)/t19-,20-/m0/s1. The van der Waals surface area contributed by atoms with Gasteiger partial charge in [-0.15, -0.1) is 0 Å². The summed E-state index contributed by atoms with van der Waals surface area (Å²) in [5, 5.41) is 17.1. The molecule has 2 N–H and O–H groups in total. The van der Waals surface area contributed by atoms with E-state index in [1.165, 1.54) is 7.11 Å². The van der Waals surface area contributed by atoms with Gasteiger partial charge in [0, 0.05) is 48.8 Å². The summed E-state index contributed by atoms with van der Waals surface area (Å²) in [4.78, 5) is 31.5. The molecular formula is C26H28ClN5O6. The maximum atomic E-state index is 13.2. The van der Waals surface area contributed by atoms with Gasteiger partial charge in [0.1, 0.15) is 29.7 Å². The monoisotopic (exact) mass is 541 g/mol. The summed E-state index contributed by atoms with van der Waals surface area (Å²) >= 11 is 5.96. The van der Waals surface area contributed by atoms with Crippen molar-refractivity contribution in [3.8, 4) is 22.9 Å². The topological polar surface area (TPSA) is 128 Å². The lowest BCUT2D eigenvalue weighted by atomic mass is 10.0. The molecule has 5 rings (SSSR count). The number of fused-ring (bicyclic) bond motifs is 1. The number of ether oxygens (including phenoxy) is 3. The fourth-order valence-electron chi connectivity index (χ4n) is 4.63. The van der Waals surface area contributed by atoms with Gasteiger partial charge in [-0.25, -0.2) is 9.78 Å². The number of halogens is 1. The first kappa shape index (κ1) is 25.8. The van der Waals surface area contributed by atoms with Crippen LogP contribution in [0, 0.1) is 0 Å². The molecule has 2 aliphatic heterocycles. The molecule has 2 atom stereocenters. The van der Waals surface area contributed by atoms with Crippen LogP contribution >= 0.6 is 11.6 Å². The number of rotatable bonds is 9. The molecule has 0 unspecified atom stereocenters. The quantitative estimate of drug-likeness (QED) is 0.423. The van der Waals surface area contributed by atoms with Crippen molar-refractivity contribution in [2.75, 3.05) is 26.9 Å². The summed E-state index contributed by atoms with van der Waals surface area (Å²) in [6, 6.07) is 8.77. The van der Waals surface area contributed by atoms with Gasteiger partial charge in [-0.1, -0.05) is 23.7 Å². The Morgan fingerprint density at radius 1 is 1.32 bits per heavy atom. The number of carbonyl (C=O) groups is 2. The molecule has 2 aromatic heterocycles. The van der Waals surface area contributed by atoms with E-state index in [4.69, 9.17) is 25.8 Å². The fraction of sp³-hybridized carbons (Fsp3) is 0.385. The number of nitrogens with one attached hydrogen (secondary N) is 1. The van der Waals surface area contributed by atoms with Crippen LogP contribution in [0.15, 0.2) is 42.7 Å². The van der Waals surface area contributed by atoms with E-state index in [0.29, 0.717) is 61.1 Å². The largest absolute Gasteiger partial charge is 0.488 e. The summed E-state index contributed by atoms with van der Waals surface area (Å²) < 4.78 is 18.7. The van der Waals surface area contributed by atoms with Crippen LogP contribution in [-0.2, 0) is 17.8 Å². The number of aliphatic hydroxyl groups is 1. The third kappa shape index (κ3) is 5.53. The molecule has 3 aromatic rings. The lowest BCUT2D eigenvalue weighted by Gasteiger charge is -2.32. The van der Waals surface area contributed by atoms with E-state index in [1.54, 1.807) is 40.2 Å². The zero-order valence-electron chi connectivity index (χ0n) is 20.8. The van der Waals surface area contributed by atoms with Crippen LogP contribution in [0.25, 0.3) is 11.3 Å². The van der Waals surface area contributed by atoms with Crippen molar-refractivity contribution in [3.63, 3.8) is 0 Å². The van der Waals surface area contributed by atoms with Gasteiger partial charge >= 0.3 is 6.09 Å². The van der Waals surface area contributed by atoms with E-state index in [-0.39, 0.29) is 42.2 Å². The van der Waals surface area contributed by atoms with Gasteiger partial charge in [0.05, 0.1) is 32.5 Å². The van der Waals surface area contributed by atoms with Crippen molar-refractivity contribution in [1.29, 1.82) is 0 Å². The Kier molecular flexibility index (Phi) is 7.66. The summed E-state index contributed by atoms with van der Waals surface area (Å²) in [5.74, 6) is 0.163. The van der Waals surface area contributed by atoms with Gasteiger partial charge in [0.2, 0.25) is 5.88 Å². The van der Waals surface area contributed by atoms with Crippen LogP contribution in [0.1, 0.15) is 28.8 Å². The molecule has 0 radical (unpaired) electrons. The maximum absolute atomic E-state index is 13.2. The molecule has 0 spiro atoms. The highest BCUT2D eigenvalue weighted by Gasteiger charge is 2.39. The number of cyclic esters (lactones) is 1. The zero-order chi connectivity index (χ0) is 26.6. The van der Waals surface area contributed by atoms with Crippen molar-refractivity contribution in [2.45, 2.75) is 38.1 Å². The third-order valence-corrected chi connectivity index (χ3v) is 6.84. The number of amides is 2. The molecule has 12 heteroatoms. The molecule has 200 valence electrons. The van der Waals surface area contributed by atoms with Crippen LogP contribution in [0.4, 0.5) is 4.79 Å². The van der Waals surface area contributed by atoms with Crippen molar-refractivity contribution in [2.24, 2.45) is 0 Å². The second-order valence-corrected chi connectivity index (χ2v) is 9.54. The molecule has 2 amide bonds. The third-order valence-electron chi connectivity index (χ3n) is 6.59. The van der Waals surface area contributed by atoms with E-state index in [2.05, 4.69) is 15.4 Å². The molecule has 4 heterocycles. The van der Waals surface area contributed by atoms with Crippen LogP contribution < -0.4 is 14.8 Å². The highest BCUT2D eigenvalue weighted by molar-refractivity contribution is 6.30. The number of benzene rings is 1. The van der Waals surface area contributed by atoms with E-state index in [9.17, 15) is 14.7 Å². The molecule has 38 heavy (non-hydrogen) atoms. The number of aromatic nitrogens is 3. The van der Waals surface area contributed by atoms with Crippen LogP contribution in [0.3, 0.4) is 0 Å². The Bertz CT molecular complexity index is 1310. The van der Waals surface area contributed by atoms with E-state index in [0.717, 1.165) is 5.56 Å². The number of nitrogens with zero attached hydrogens (tertiary/aromatic N) is 4. The van der Waals surface area contributed by atoms with Crippen LogP contribution in [0.5, 0.6) is 11.6 Å². The number of pyridine rings is 1. The average molecular weight is 542 g/mol. The lowest BCUT2D eigenvalue weighted by molar-refractivity contribution is 0.0913. The molecule has 0 bridgehead atoms.